The summed E-state index contributed by atoms with van der Waals surface area (Å²) in [5.74, 6) is -0.155. The second kappa shape index (κ2) is 10.1. The third-order valence-corrected chi connectivity index (χ3v) is 7.78. The minimum Gasteiger partial charge on any atom is -0.402 e. The van der Waals surface area contributed by atoms with E-state index in [0.29, 0.717) is 23.7 Å². The van der Waals surface area contributed by atoms with E-state index in [-0.39, 0.29) is 23.2 Å². The fraction of sp³-hybridized carbons (Fsp3) is 0.231. The van der Waals surface area contributed by atoms with E-state index in [9.17, 15) is 8.42 Å². The van der Waals surface area contributed by atoms with Crippen molar-refractivity contribution in [3.05, 3.63) is 105 Å². The van der Waals surface area contributed by atoms with E-state index in [1.165, 1.54) is 5.01 Å². The van der Waals surface area contributed by atoms with Gasteiger partial charge in [0.1, 0.15) is 0 Å². The first-order valence-electron chi connectivity index (χ1n) is 11.3. The summed E-state index contributed by atoms with van der Waals surface area (Å²) >= 11 is 6.09. The second-order valence-corrected chi connectivity index (χ2v) is 10.7. The van der Waals surface area contributed by atoms with Crippen LogP contribution in [0.25, 0.3) is 0 Å². The molecule has 0 fully saturated rings. The minimum absolute atomic E-state index is 0.0208. The third kappa shape index (κ3) is 5.49. The minimum atomic E-state index is -4.01. The van der Waals surface area contributed by atoms with Crippen LogP contribution in [-0.4, -0.2) is 31.6 Å². The molecule has 1 atom stereocenters. The average molecular weight is 510 g/mol. The van der Waals surface area contributed by atoms with Crippen LogP contribution in [0.2, 0.25) is 5.02 Å². The van der Waals surface area contributed by atoms with Crippen molar-refractivity contribution in [2.24, 2.45) is 21.0 Å². The average Bonchev–Trinajstić information content (AvgIpc) is 2.84. The Kier molecular flexibility index (Phi) is 7.14. The summed E-state index contributed by atoms with van der Waals surface area (Å²) in [6.07, 6.45) is 4.15. The highest BCUT2D eigenvalue weighted by molar-refractivity contribution is 7.94. The van der Waals surface area contributed by atoms with Gasteiger partial charge in [-0.3, -0.25) is 0 Å². The standard InChI is InChI=1S/C26H28ClN5O2S/c1-17-8-13-22(16-24(17)18(2)28)35(33,34)31-26(29)32-15-14-23(19-6-4-3-5-7-19)25(30-32)20-9-11-21(27)12-10-20/h3-13,23H,14-16,28H2,1-2H3,(H2,29,31)/b24-18+. The number of hydrogen-bond acceptors (Lipinski definition) is 4. The van der Waals surface area contributed by atoms with Crippen molar-refractivity contribution < 1.29 is 8.42 Å². The number of allylic oxidation sites excluding steroid dienone is 6. The van der Waals surface area contributed by atoms with Crippen molar-refractivity contribution in [1.82, 2.24) is 5.01 Å². The first-order chi connectivity index (χ1) is 16.7. The molecule has 0 radical (unpaired) electrons. The maximum atomic E-state index is 13.1. The van der Waals surface area contributed by atoms with Gasteiger partial charge in [0.15, 0.2) is 0 Å². The van der Waals surface area contributed by atoms with Crippen LogP contribution in [0.3, 0.4) is 0 Å². The number of nitrogens with two attached hydrogens (primary N) is 2. The van der Waals surface area contributed by atoms with Crippen molar-refractivity contribution in [2.45, 2.75) is 32.6 Å². The molecule has 1 heterocycles. The van der Waals surface area contributed by atoms with Gasteiger partial charge in [0.2, 0.25) is 5.96 Å². The summed E-state index contributed by atoms with van der Waals surface area (Å²) in [4.78, 5) is 0.145. The lowest BCUT2D eigenvalue weighted by molar-refractivity contribution is 0.399. The number of halogens is 1. The lowest BCUT2D eigenvalue weighted by Gasteiger charge is -2.30. The van der Waals surface area contributed by atoms with E-state index in [1.54, 1.807) is 31.2 Å². The molecule has 0 bridgehead atoms. The summed E-state index contributed by atoms with van der Waals surface area (Å²) in [6.45, 7) is 4.07. The van der Waals surface area contributed by atoms with Gasteiger partial charge in [0.25, 0.3) is 10.0 Å². The van der Waals surface area contributed by atoms with Gasteiger partial charge in [0, 0.05) is 29.6 Å². The zero-order chi connectivity index (χ0) is 25.2. The summed E-state index contributed by atoms with van der Waals surface area (Å²) < 4.78 is 30.1. The van der Waals surface area contributed by atoms with E-state index < -0.39 is 10.0 Å². The molecule has 7 nitrogen and oxygen atoms in total. The Morgan fingerprint density at radius 3 is 2.43 bits per heavy atom. The van der Waals surface area contributed by atoms with Crippen LogP contribution in [0.15, 0.2) is 98.0 Å². The molecule has 0 spiro atoms. The fourth-order valence-electron chi connectivity index (χ4n) is 4.24. The van der Waals surface area contributed by atoms with Gasteiger partial charge in [-0.15, -0.1) is 4.40 Å². The Labute approximate surface area is 211 Å². The van der Waals surface area contributed by atoms with Crippen molar-refractivity contribution in [3.63, 3.8) is 0 Å². The van der Waals surface area contributed by atoms with Gasteiger partial charge in [-0.05, 0) is 60.8 Å². The van der Waals surface area contributed by atoms with Crippen LogP contribution < -0.4 is 11.5 Å². The smallest absolute Gasteiger partial charge is 0.282 e. The molecule has 4 N–H and O–H groups in total. The van der Waals surface area contributed by atoms with E-state index in [0.717, 1.165) is 28.0 Å². The highest BCUT2D eigenvalue weighted by atomic mass is 35.5. The molecule has 182 valence electrons. The largest absolute Gasteiger partial charge is 0.402 e. The number of hydrazone groups is 1. The molecule has 0 amide bonds. The summed E-state index contributed by atoms with van der Waals surface area (Å²) in [7, 11) is -4.01. The first-order valence-corrected chi connectivity index (χ1v) is 13.1. The molecule has 2 aromatic rings. The molecule has 1 aliphatic heterocycles. The molecule has 2 aromatic carbocycles. The van der Waals surface area contributed by atoms with Crippen molar-refractivity contribution in [2.75, 3.05) is 6.54 Å². The van der Waals surface area contributed by atoms with Crippen LogP contribution >= 0.6 is 11.6 Å². The Balaban J connectivity index is 1.69. The van der Waals surface area contributed by atoms with Gasteiger partial charge < -0.3 is 11.5 Å². The molecule has 1 unspecified atom stereocenters. The fourth-order valence-corrected chi connectivity index (χ4v) is 5.39. The zero-order valence-corrected chi connectivity index (χ0v) is 21.2. The molecule has 35 heavy (non-hydrogen) atoms. The Bertz CT molecular complexity index is 1370. The van der Waals surface area contributed by atoms with Crippen molar-refractivity contribution >= 4 is 33.3 Å². The molecule has 9 heteroatoms. The van der Waals surface area contributed by atoms with E-state index >= 15 is 0 Å². The van der Waals surface area contributed by atoms with Crippen LogP contribution in [0.4, 0.5) is 0 Å². The monoisotopic (exact) mass is 509 g/mol. The predicted octanol–water partition coefficient (Wildman–Crippen LogP) is 4.64. The van der Waals surface area contributed by atoms with Gasteiger partial charge in [-0.2, -0.15) is 13.5 Å². The maximum Gasteiger partial charge on any atom is 0.282 e. The van der Waals surface area contributed by atoms with E-state index in [4.69, 9.17) is 28.2 Å². The van der Waals surface area contributed by atoms with Crippen LogP contribution in [-0.2, 0) is 10.0 Å². The number of benzene rings is 2. The molecule has 0 aromatic heterocycles. The number of rotatable bonds is 4. The summed E-state index contributed by atoms with van der Waals surface area (Å²) in [5.41, 5.74) is 17.2. The molecule has 0 saturated carbocycles. The van der Waals surface area contributed by atoms with Crippen LogP contribution in [0.1, 0.15) is 43.7 Å². The summed E-state index contributed by atoms with van der Waals surface area (Å²) in [5, 5.41) is 6.83. The molecular formula is C26H28ClN5O2S. The van der Waals surface area contributed by atoms with Gasteiger partial charge >= 0.3 is 0 Å². The lowest BCUT2D eigenvalue weighted by atomic mass is 9.86. The molecule has 1 aliphatic carbocycles. The van der Waals surface area contributed by atoms with Gasteiger partial charge in [-0.1, -0.05) is 60.1 Å². The number of guanidine groups is 1. The predicted molar refractivity (Wildman–Crippen MR) is 142 cm³/mol. The van der Waals surface area contributed by atoms with Crippen molar-refractivity contribution in [1.29, 1.82) is 0 Å². The van der Waals surface area contributed by atoms with Crippen LogP contribution in [0, 0.1) is 0 Å². The maximum absolute atomic E-state index is 13.1. The Hall–Kier alpha value is -3.36. The van der Waals surface area contributed by atoms with Crippen molar-refractivity contribution in [3.8, 4) is 0 Å². The quantitative estimate of drug-likeness (QED) is 0.460. The first kappa shape index (κ1) is 24.8. The highest BCUT2D eigenvalue weighted by Crippen LogP contribution is 2.31. The van der Waals surface area contributed by atoms with E-state index in [2.05, 4.69) is 16.5 Å². The number of sulfonamides is 1. The zero-order valence-electron chi connectivity index (χ0n) is 19.6. The highest BCUT2D eigenvalue weighted by Gasteiger charge is 2.29. The second-order valence-electron chi connectivity index (χ2n) is 8.61. The molecule has 2 aliphatic rings. The van der Waals surface area contributed by atoms with Crippen LogP contribution in [0.5, 0.6) is 0 Å². The third-order valence-electron chi connectivity index (χ3n) is 6.16. The normalized spacial score (nSPS) is 20.7. The lowest BCUT2D eigenvalue weighted by Crippen LogP contribution is -2.40. The SMILES string of the molecule is CC1=CC=C(S(=O)(=O)N=C(N)N2CCC(c3ccccc3)C(c3ccc(Cl)cc3)=N2)C/C1=C(/C)N. The number of nitrogens with zero attached hydrogens (tertiary/aromatic N) is 3. The molecule has 4 rings (SSSR count). The van der Waals surface area contributed by atoms with E-state index in [1.807, 2.05) is 37.3 Å². The van der Waals surface area contributed by atoms with Gasteiger partial charge in [0.05, 0.1) is 10.6 Å². The Morgan fingerprint density at radius 2 is 1.77 bits per heavy atom. The Morgan fingerprint density at radius 1 is 1.09 bits per heavy atom. The number of hydrogen-bond donors (Lipinski definition) is 2. The topological polar surface area (TPSA) is 114 Å². The molecular weight excluding hydrogens is 482 g/mol. The molecule has 0 saturated heterocycles. The summed E-state index contributed by atoms with van der Waals surface area (Å²) in [6, 6.07) is 17.5. The van der Waals surface area contributed by atoms with Gasteiger partial charge in [-0.25, -0.2) is 5.01 Å².